The summed E-state index contributed by atoms with van der Waals surface area (Å²) in [6.45, 7) is 4.17. The molecule has 0 aromatic heterocycles. The molecule has 0 bridgehead atoms. The topological polar surface area (TPSA) is 53.0 Å². The highest BCUT2D eigenvalue weighted by Gasteiger charge is 2.30. The number of nitrogens with zero attached hydrogens (tertiary/aromatic N) is 2. The van der Waals surface area contributed by atoms with Crippen LogP contribution in [0.5, 0.6) is 11.5 Å². The molecule has 0 radical (unpaired) electrons. The fourth-order valence-corrected chi connectivity index (χ4v) is 3.21. The predicted molar refractivity (Wildman–Crippen MR) is 97.2 cm³/mol. The highest BCUT2D eigenvalue weighted by molar-refractivity contribution is 6.16. The molecular weight excluding hydrogens is 316 g/mol. The van der Waals surface area contributed by atoms with E-state index in [0.29, 0.717) is 5.75 Å². The van der Waals surface area contributed by atoms with Crippen LogP contribution in [0.3, 0.4) is 0 Å². The molecule has 1 saturated heterocycles. The summed E-state index contributed by atoms with van der Waals surface area (Å²) in [5, 5.41) is 9.85. The van der Waals surface area contributed by atoms with Gasteiger partial charge in [-0.2, -0.15) is 0 Å². The van der Waals surface area contributed by atoms with E-state index < -0.39 is 0 Å². The summed E-state index contributed by atoms with van der Waals surface area (Å²) in [6.07, 6.45) is 1.72. The second-order valence-electron chi connectivity index (χ2n) is 6.47. The second-order valence-corrected chi connectivity index (χ2v) is 6.47. The SMILES string of the molecule is CN1CCN(c2ccc(/C=C3\Oc4cccc(O)c4C3=O)cc2)CC1. The Morgan fingerprint density at radius 3 is 2.44 bits per heavy atom. The number of hydrogen-bond acceptors (Lipinski definition) is 5. The molecule has 2 aliphatic rings. The van der Waals surface area contributed by atoms with Gasteiger partial charge in [0, 0.05) is 31.9 Å². The Kier molecular flexibility index (Phi) is 3.93. The van der Waals surface area contributed by atoms with E-state index in [2.05, 4.69) is 29.0 Å². The lowest BCUT2D eigenvalue weighted by Crippen LogP contribution is -2.44. The van der Waals surface area contributed by atoms with E-state index in [1.54, 1.807) is 18.2 Å². The molecule has 5 heteroatoms. The van der Waals surface area contributed by atoms with Crippen LogP contribution in [0.15, 0.2) is 48.2 Å². The van der Waals surface area contributed by atoms with Crippen molar-refractivity contribution < 1.29 is 14.6 Å². The van der Waals surface area contributed by atoms with Gasteiger partial charge in [0.05, 0.1) is 0 Å². The lowest BCUT2D eigenvalue weighted by molar-refractivity contribution is 0.101. The molecule has 4 rings (SSSR count). The van der Waals surface area contributed by atoms with Gasteiger partial charge in [0.25, 0.3) is 0 Å². The zero-order chi connectivity index (χ0) is 17.4. The lowest BCUT2D eigenvalue weighted by atomic mass is 10.1. The van der Waals surface area contributed by atoms with Crippen LogP contribution < -0.4 is 9.64 Å². The Balaban J connectivity index is 1.53. The zero-order valence-electron chi connectivity index (χ0n) is 14.1. The summed E-state index contributed by atoms with van der Waals surface area (Å²) in [5.74, 6) is 0.321. The minimum atomic E-state index is -0.281. The summed E-state index contributed by atoms with van der Waals surface area (Å²) in [7, 11) is 2.14. The molecule has 0 saturated carbocycles. The van der Waals surface area contributed by atoms with Gasteiger partial charge in [-0.15, -0.1) is 0 Å². The quantitative estimate of drug-likeness (QED) is 0.855. The first-order valence-corrected chi connectivity index (χ1v) is 8.41. The van der Waals surface area contributed by atoms with E-state index in [-0.39, 0.29) is 22.9 Å². The standard InChI is InChI=1S/C20H20N2O3/c1-21-9-11-22(12-10-21)15-7-5-14(6-8-15)13-18-20(24)19-16(23)3-2-4-17(19)25-18/h2-8,13,23H,9-12H2,1H3/b18-13-. The molecular formula is C20H20N2O3. The van der Waals surface area contributed by atoms with Crippen molar-refractivity contribution in [3.05, 3.63) is 59.4 Å². The number of rotatable bonds is 2. The lowest BCUT2D eigenvalue weighted by Gasteiger charge is -2.34. The third-order valence-electron chi connectivity index (χ3n) is 4.73. The number of hydrogen-bond donors (Lipinski definition) is 1. The molecule has 0 aliphatic carbocycles. The van der Waals surface area contributed by atoms with Crippen molar-refractivity contribution in [1.29, 1.82) is 0 Å². The van der Waals surface area contributed by atoms with Gasteiger partial charge in [0.15, 0.2) is 5.76 Å². The molecule has 2 heterocycles. The Morgan fingerprint density at radius 1 is 1.04 bits per heavy atom. The van der Waals surface area contributed by atoms with Crippen LogP contribution in [-0.2, 0) is 0 Å². The summed E-state index contributed by atoms with van der Waals surface area (Å²) < 4.78 is 5.60. The number of ketones is 1. The number of ether oxygens (including phenoxy) is 1. The van der Waals surface area contributed by atoms with Crippen LogP contribution in [0.1, 0.15) is 15.9 Å². The number of phenols is 1. The first kappa shape index (κ1) is 15.7. The smallest absolute Gasteiger partial charge is 0.235 e. The summed E-state index contributed by atoms with van der Waals surface area (Å²) in [6, 6.07) is 13.0. The van der Waals surface area contributed by atoms with Gasteiger partial charge < -0.3 is 19.6 Å². The first-order valence-electron chi connectivity index (χ1n) is 8.41. The molecule has 128 valence electrons. The molecule has 2 aromatic carbocycles. The Labute approximate surface area is 146 Å². The largest absolute Gasteiger partial charge is 0.507 e. The van der Waals surface area contributed by atoms with Crippen molar-refractivity contribution in [1.82, 2.24) is 4.90 Å². The number of fused-ring (bicyclic) bond motifs is 1. The third-order valence-corrected chi connectivity index (χ3v) is 4.73. The zero-order valence-corrected chi connectivity index (χ0v) is 14.1. The number of likely N-dealkylation sites (N-methyl/N-ethyl adjacent to an activating group) is 1. The van der Waals surface area contributed by atoms with E-state index in [1.165, 1.54) is 11.8 Å². The Hall–Kier alpha value is -2.79. The highest BCUT2D eigenvalue weighted by Crippen LogP contribution is 2.37. The van der Waals surface area contributed by atoms with Crippen LogP contribution in [0.2, 0.25) is 0 Å². The maximum absolute atomic E-state index is 12.4. The van der Waals surface area contributed by atoms with Crippen LogP contribution in [0.25, 0.3) is 6.08 Å². The van der Waals surface area contributed by atoms with Crippen molar-refractivity contribution in [3.63, 3.8) is 0 Å². The number of allylic oxidation sites excluding steroid dienone is 1. The molecule has 1 fully saturated rings. The fourth-order valence-electron chi connectivity index (χ4n) is 3.21. The molecule has 2 aromatic rings. The van der Waals surface area contributed by atoms with Gasteiger partial charge in [0.1, 0.15) is 17.1 Å². The minimum absolute atomic E-state index is 0.0451. The van der Waals surface area contributed by atoms with Gasteiger partial charge in [-0.25, -0.2) is 0 Å². The second kappa shape index (κ2) is 6.26. The predicted octanol–water partition coefficient (Wildman–Crippen LogP) is 2.76. The monoisotopic (exact) mass is 336 g/mol. The van der Waals surface area contributed by atoms with Crippen molar-refractivity contribution in [2.24, 2.45) is 0 Å². The van der Waals surface area contributed by atoms with Crippen LogP contribution in [0, 0.1) is 0 Å². The number of anilines is 1. The summed E-state index contributed by atoms with van der Waals surface area (Å²) in [4.78, 5) is 17.1. The summed E-state index contributed by atoms with van der Waals surface area (Å²) in [5.41, 5.74) is 2.33. The molecule has 0 amide bonds. The van der Waals surface area contributed by atoms with Crippen molar-refractivity contribution in [3.8, 4) is 11.5 Å². The van der Waals surface area contributed by atoms with Crippen molar-refractivity contribution >= 4 is 17.5 Å². The number of benzene rings is 2. The molecule has 0 atom stereocenters. The van der Waals surface area contributed by atoms with Gasteiger partial charge >= 0.3 is 0 Å². The third kappa shape index (κ3) is 2.98. The molecule has 0 unspecified atom stereocenters. The molecule has 2 aliphatic heterocycles. The summed E-state index contributed by atoms with van der Waals surface area (Å²) >= 11 is 0. The number of Topliss-reactive ketones (excluding diaryl/α,β-unsaturated/α-hetero) is 1. The van der Waals surface area contributed by atoms with E-state index in [0.717, 1.165) is 31.7 Å². The van der Waals surface area contributed by atoms with Crippen molar-refractivity contribution in [2.75, 3.05) is 38.1 Å². The normalized spacial score (nSPS) is 19.2. The maximum atomic E-state index is 12.4. The highest BCUT2D eigenvalue weighted by atomic mass is 16.5. The van der Waals surface area contributed by atoms with Crippen LogP contribution in [0.4, 0.5) is 5.69 Å². The van der Waals surface area contributed by atoms with E-state index in [1.807, 2.05) is 12.1 Å². The van der Waals surface area contributed by atoms with E-state index >= 15 is 0 Å². The molecule has 0 spiro atoms. The molecule has 25 heavy (non-hydrogen) atoms. The average molecular weight is 336 g/mol. The minimum Gasteiger partial charge on any atom is -0.507 e. The van der Waals surface area contributed by atoms with Crippen LogP contribution >= 0.6 is 0 Å². The van der Waals surface area contributed by atoms with Crippen LogP contribution in [-0.4, -0.2) is 49.0 Å². The number of carbonyl (C=O) groups excluding carboxylic acids is 1. The van der Waals surface area contributed by atoms with Gasteiger partial charge in [-0.3, -0.25) is 4.79 Å². The first-order chi connectivity index (χ1) is 12.1. The van der Waals surface area contributed by atoms with Gasteiger partial charge in [-0.1, -0.05) is 18.2 Å². The molecule has 5 nitrogen and oxygen atoms in total. The Bertz CT molecular complexity index is 835. The molecule has 1 N–H and O–H groups in total. The maximum Gasteiger partial charge on any atom is 0.235 e. The Morgan fingerprint density at radius 2 is 1.76 bits per heavy atom. The number of piperazine rings is 1. The van der Waals surface area contributed by atoms with Crippen molar-refractivity contribution in [2.45, 2.75) is 0 Å². The van der Waals surface area contributed by atoms with Gasteiger partial charge in [0.2, 0.25) is 5.78 Å². The average Bonchev–Trinajstić information content (AvgIpc) is 2.93. The number of phenolic OH excluding ortho intramolecular Hbond substituents is 1. The van der Waals surface area contributed by atoms with E-state index in [4.69, 9.17) is 4.74 Å². The number of aromatic hydroxyl groups is 1. The fraction of sp³-hybridized carbons (Fsp3) is 0.250. The van der Waals surface area contributed by atoms with E-state index in [9.17, 15) is 9.90 Å². The van der Waals surface area contributed by atoms with Gasteiger partial charge in [-0.05, 0) is 43.0 Å². The number of carbonyl (C=O) groups is 1.